The van der Waals surface area contributed by atoms with E-state index in [9.17, 15) is 9.59 Å². The Morgan fingerprint density at radius 3 is 2.54 bits per heavy atom. The molecule has 1 spiro atoms. The van der Waals surface area contributed by atoms with Crippen molar-refractivity contribution in [2.24, 2.45) is 5.92 Å². The van der Waals surface area contributed by atoms with Crippen molar-refractivity contribution in [3.05, 3.63) is 34.9 Å². The molecular formula is C20H28ClN3O2. The van der Waals surface area contributed by atoms with Crippen LogP contribution in [0.4, 0.5) is 0 Å². The minimum Gasteiger partial charge on any atom is -0.338 e. The Morgan fingerprint density at radius 2 is 1.96 bits per heavy atom. The van der Waals surface area contributed by atoms with Gasteiger partial charge in [0, 0.05) is 32.5 Å². The van der Waals surface area contributed by atoms with Gasteiger partial charge in [-0.05, 0) is 31.4 Å². The molecule has 3 rings (SSSR count). The molecule has 142 valence electrons. The van der Waals surface area contributed by atoms with E-state index in [1.807, 2.05) is 28.9 Å². The van der Waals surface area contributed by atoms with E-state index in [4.69, 9.17) is 11.6 Å². The van der Waals surface area contributed by atoms with E-state index in [0.29, 0.717) is 36.1 Å². The summed E-state index contributed by atoms with van der Waals surface area (Å²) in [6, 6.07) is 7.06. The molecule has 1 atom stereocenters. The van der Waals surface area contributed by atoms with E-state index in [1.54, 1.807) is 12.1 Å². The molecule has 1 aromatic rings. The van der Waals surface area contributed by atoms with Gasteiger partial charge in [0.05, 0.1) is 22.3 Å². The van der Waals surface area contributed by atoms with Gasteiger partial charge in [-0.15, -0.1) is 0 Å². The van der Waals surface area contributed by atoms with Crippen LogP contribution in [0.2, 0.25) is 5.02 Å². The van der Waals surface area contributed by atoms with Crippen molar-refractivity contribution in [2.45, 2.75) is 51.7 Å². The van der Waals surface area contributed by atoms with Crippen LogP contribution in [0.3, 0.4) is 0 Å². The lowest BCUT2D eigenvalue weighted by Crippen LogP contribution is -2.59. The summed E-state index contributed by atoms with van der Waals surface area (Å²) in [6.45, 7) is 8.24. The van der Waals surface area contributed by atoms with Crippen LogP contribution in [0.15, 0.2) is 24.3 Å². The number of carbonyl (C=O) groups excluding carboxylic acids is 2. The van der Waals surface area contributed by atoms with Crippen LogP contribution >= 0.6 is 11.6 Å². The fourth-order valence-corrected chi connectivity index (χ4v) is 4.47. The summed E-state index contributed by atoms with van der Waals surface area (Å²) in [7, 11) is 0. The monoisotopic (exact) mass is 377 g/mol. The molecule has 6 heteroatoms. The van der Waals surface area contributed by atoms with E-state index in [0.717, 1.165) is 19.3 Å². The number of nitrogens with one attached hydrogen (secondary N) is 1. The lowest BCUT2D eigenvalue weighted by molar-refractivity contribution is -0.133. The maximum absolute atomic E-state index is 12.8. The van der Waals surface area contributed by atoms with Gasteiger partial charge in [0.2, 0.25) is 5.91 Å². The van der Waals surface area contributed by atoms with Crippen molar-refractivity contribution in [2.75, 3.05) is 19.6 Å². The van der Waals surface area contributed by atoms with Gasteiger partial charge >= 0.3 is 0 Å². The number of hydrogen-bond donors (Lipinski definition) is 1. The Labute approximate surface area is 160 Å². The number of carbonyl (C=O) groups is 2. The highest BCUT2D eigenvalue weighted by Crippen LogP contribution is 2.34. The summed E-state index contributed by atoms with van der Waals surface area (Å²) in [5.74, 6) is 0.635. The molecule has 0 unspecified atom stereocenters. The highest BCUT2D eigenvalue weighted by atomic mass is 35.5. The second kappa shape index (κ2) is 7.57. The highest BCUT2D eigenvalue weighted by molar-refractivity contribution is 6.33. The fourth-order valence-electron chi connectivity index (χ4n) is 4.25. The molecule has 0 aromatic heterocycles. The van der Waals surface area contributed by atoms with E-state index >= 15 is 0 Å². The van der Waals surface area contributed by atoms with Crippen molar-refractivity contribution >= 4 is 23.4 Å². The van der Waals surface area contributed by atoms with E-state index in [1.165, 1.54) is 0 Å². The Hall–Kier alpha value is -1.59. The van der Waals surface area contributed by atoms with Gasteiger partial charge in [0.25, 0.3) is 5.91 Å². The van der Waals surface area contributed by atoms with E-state index in [-0.39, 0.29) is 23.5 Å². The van der Waals surface area contributed by atoms with Gasteiger partial charge < -0.3 is 9.80 Å². The Morgan fingerprint density at radius 1 is 1.31 bits per heavy atom. The average molecular weight is 378 g/mol. The lowest BCUT2D eigenvalue weighted by Gasteiger charge is -2.44. The minimum absolute atomic E-state index is 0.0310. The molecular weight excluding hydrogens is 350 g/mol. The smallest absolute Gasteiger partial charge is 0.255 e. The van der Waals surface area contributed by atoms with Gasteiger partial charge in [-0.2, -0.15) is 0 Å². The molecule has 1 aromatic carbocycles. The van der Waals surface area contributed by atoms with Gasteiger partial charge in [-0.1, -0.05) is 37.6 Å². The molecule has 0 radical (unpaired) electrons. The van der Waals surface area contributed by atoms with Crippen molar-refractivity contribution < 1.29 is 9.59 Å². The van der Waals surface area contributed by atoms with Crippen LogP contribution in [-0.2, 0) is 4.79 Å². The van der Waals surface area contributed by atoms with Crippen molar-refractivity contribution in [1.82, 2.24) is 15.1 Å². The maximum Gasteiger partial charge on any atom is 0.255 e. The third kappa shape index (κ3) is 3.47. The minimum atomic E-state index is -0.317. The zero-order valence-corrected chi connectivity index (χ0v) is 16.6. The quantitative estimate of drug-likeness (QED) is 0.877. The summed E-state index contributed by atoms with van der Waals surface area (Å²) in [5, 5.41) is 4.10. The average Bonchev–Trinajstić information content (AvgIpc) is 2.85. The number of amides is 2. The van der Waals surface area contributed by atoms with Crippen molar-refractivity contribution in [1.29, 1.82) is 0 Å². The van der Waals surface area contributed by atoms with Crippen LogP contribution in [0.5, 0.6) is 0 Å². The molecule has 0 bridgehead atoms. The first-order valence-electron chi connectivity index (χ1n) is 9.51. The predicted octanol–water partition coefficient (Wildman–Crippen LogP) is 3.14. The topological polar surface area (TPSA) is 52.7 Å². The lowest BCUT2D eigenvalue weighted by atomic mass is 9.95. The Balaban J connectivity index is 1.71. The second-order valence-corrected chi connectivity index (χ2v) is 8.12. The molecule has 2 saturated heterocycles. The molecule has 0 saturated carbocycles. The van der Waals surface area contributed by atoms with E-state index < -0.39 is 0 Å². The molecule has 0 aliphatic carbocycles. The van der Waals surface area contributed by atoms with Crippen LogP contribution in [-0.4, -0.2) is 53.0 Å². The molecule has 5 nitrogen and oxygen atoms in total. The highest BCUT2D eigenvalue weighted by Gasteiger charge is 2.51. The standard InChI is InChI=1S/C20H28ClN3O2/c1-4-24-19(26)17(13-14(2)3)22-20(24)9-11-23(12-10-20)18(25)15-7-5-6-8-16(15)21/h5-8,14,17,22H,4,9-13H2,1-3H3/t17-/m1/s1. The van der Waals surface area contributed by atoms with Crippen molar-refractivity contribution in [3.8, 4) is 0 Å². The van der Waals surface area contributed by atoms with Gasteiger partial charge in [0.1, 0.15) is 0 Å². The number of hydrogen-bond acceptors (Lipinski definition) is 3. The molecule has 26 heavy (non-hydrogen) atoms. The number of likely N-dealkylation sites (tertiary alicyclic amines) is 1. The first kappa shape index (κ1) is 19.2. The first-order chi connectivity index (χ1) is 12.4. The van der Waals surface area contributed by atoms with Crippen LogP contribution < -0.4 is 5.32 Å². The normalized spacial score (nSPS) is 22.5. The first-order valence-corrected chi connectivity index (χ1v) is 9.88. The number of piperidine rings is 1. The molecule has 2 aliphatic heterocycles. The fraction of sp³-hybridized carbons (Fsp3) is 0.600. The van der Waals surface area contributed by atoms with Gasteiger partial charge in [-0.25, -0.2) is 0 Å². The summed E-state index contributed by atoms with van der Waals surface area (Å²) < 4.78 is 0. The number of benzene rings is 1. The van der Waals surface area contributed by atoms with Crippen LogP contribution in [0.25, 0.3) is 0 Å². The number of likely N-dealkylation sites (N-methyl/N-ethyl adjacent to an activating group) is 1. The number of nitrogens with zero attached hydrogens (tertiary/aromatic N) is 2. The molecule has 2 heterocycles. The largest absolute Gasteiger partial charge is 0.338 e. The van der Waals surface area contributed by atoms with Crippen molar-refractivity contribution in [3.63, 3.8) is 0 Å². The third-order valence-corrected chi connectivity index (χ3v) is 5.86. The maximum atomic E-state index is 12.8. The number of rotatable bonds is 4. The van der Waals surface area contributed by atoms with Crippen LogP contribution in [0, 0.1) is 5.92 Å². The summed E-state index contributed by atoms with van der Waals surface area (Å²) in [4.78, 5) is 29.4. The summed E-state index contributed by atoms with van der Waals surface area (Å²) in [5.41, 5.74) is 0.230. The molecule has 2 aliphatic rings. The molecule has 2 fully saturated rings. The number of halogens is 1. The zero-order chi connectivity index (χ0) is 18.9. The predicted molar refractivity (Wildman–Crippen MR) is 103 cm³/mol. The van der Waals surface area contributed by atoms with Crippen LogP contribution in [0.1, 0.15) is 50.4 Å². The van der Waals surface area contributed by atoms with Gasteiger partial charge in [-0.3, -0.25) is 14.9 Å². The third-order valence-electron chi connectivity index (χ3n) is 5.53. The Kier molecular flexibility index (Phi) is 5.58. The molecule has 1 N–H and O–H groups in total. The zero-order valence-electron chi connectivity index (χ0n) is 15.8. The summed E-state index contributed by atoms with van der Waals surface area (Å²) in [6.07, 6.45) is 2.34. The summed E-state index contributed by atoms with van der Waals surface area (Å²) >= 11 is 6.18. The molecule has 2 amide bonds. The SMILES string of the molecule is CCN1C(=O)[C@@H](CC(C)C)NC12CCN(C(=O)c1ccccc1Cl)CC2. The second-order valence-electron chi connectivity index (χ2n) is 7.71. The Bertz CT molecular complexity index is 683. The van der Waals surface area contributed by atoms with E-state index in [2.05, 4.69) is 19.2 Å². The van der Waals surface area contributed by atoms with Gasteiger partial charge in [0.15, 0.2) is 0 Å².